The molecule has 8 heteroatoms. The number of hydrogen-bond acceptors (Lipinski definition) is 6. The zero-order chi connectivity index (χ0) is 24.2. The molecular formula is C27H30ClN5OS. The van der Waals surface area contributed by atoms with Gasteiger partial charge in [-0.3, -0.25) is 0 Å². The summed E-state index contributed by atoms with van der Waals surface area (Å²) in [5.74, 6) is 0. The van der Waals surface area contributed by atoms with E-state index in [0.717, 1.165) is 70.1 Å². The van der Waals surface area contributed by atoms with Gasteiger partial charge in [-0.15, -0.1) is 11.3 Å². The van der Waals surface area contributed by atoms with Crippen molar-refractivity contribution < 1.29 is 5.11 Å². The van der Waals surface area contributed by atoms with Crippen molar-refractivity contribution in [3.05, 3.63) is 52.8 Å². The van der Waals surface area contributed by atoms with E-state index in [0.29, 0.717) is 11.1 Å². The fourth-order valence-corrected chi connectivity index (χ4v) is 6.72. The molecule has 2 N–H and O–H groups in total. The van der Waals surface area contributed by atoms with E-state index in [4.69, 9.17) is 11.6 Å². The van der Waals surface area contributed by atoms with Crippen LogP contribution in [0.4, 0.5) is 5.69 Å². The van der Waals surface area contributed by atoms with Gasteiger partial charge in [-0.2, -0.15) is 0 Å². The number of piperidine rings is 1. The first-order valence-corrected chi connectivity index (χ1v) is 13.5. The Morgan fingerprint density at radius 2 is 1.86 bits per heavy atom. The van der Waals surface area contributed by atoms with Gasteiger partial charge in [0.1, 0.15) is 16.3 Å². The van der Waals surface area contributed by atoms with Crippen LogP contribution in [0.5, 0.6) is 0 Å². The highest BCUT2D eigenvalue weighted by Gasteiger charge is 2.39. The number of H-pyrrole nitrogens is 1. The van der Waals surface area contributed by atoms with Gasteiger partial charge in [-0.1, -0.05) is 23.7 Å². The number of pyridine rings is 1. The van der Waals surface area contributed by atoms with Crippen molar-refractivity contribution >= 4 is 39.7 Å². The number of halogens is 1. The number of anilines is 1. The highest BCUT2D eigenvalue weighted by atomic mass is 35.5. The van der Waals surface area contributed by atoms with E-state index in [9.17, 15) is 5.11 Å². The molecule has 182 valence electrons. The minimum atomic E-state index is -0.770. The maximum atomic E-state index is 10.7. The summed E-state index contributed by atoms with van der Waals surface area (Å²) in [6, 6.07) is 11.6. The van der Waals surface area contributed by atoms with E-state index in [2.05, 4.69) is 69.2 Å². The number of thiazole rings is 1. The third-order valence-corrected chi connectivity index (χ3v) is 9.18. The molecule has 1 saturated carbocycles. The van der Waals surface area contributed by atoms with Gasteiger partial charge in [-0.05, 0) is 70.0 Å². The second kappa shape index (κ2) is 8.89. The molecule has 0 atom stereocenters. The van der Waals surface area contributed by atoms with Gasteiger partial charge < -0.3 is 19.9 Å². The topological polar surface area (TPSA) is 68.3 Å². The molecule has 0 amide bonds. The summed E-state index contributed by atoms with van der Waals surface area (Å²) in [4.78, 5) is 18.3. The van der Waals surface area contributed by atoms with E-state index >= 15 is 0 Å². The number of nitrogens with zero attached hydrogens (tertiary/aromatic N) is 4. The number of nitrogens with one attached hydrogen (secondary N) is 1. The molecule has 6 nitrogen and oxygen atoms in total. The summed E-state index contributed by atoms with van der Waals surface area (Å²) >= 11 is 8.16. The van der Waals surface area contributed by atoms with Crippen molar-refractivity contribution in [2.75, 3.05) is 32.1 Å². The van der Waals surface area contributed by atoms with Gasteiger partial charge in [-0.25, -0.2) is 9.97 Å². The number of aromatic nitrogens is 3. The predicted molar refractivity (Wildman–Crippen MR) is 144 cm³/mol. The second-order valence-electron chi connectivity index (χ2n) is 10.1. The van der Waals surface area contributed by atoms with Crippen LogP contribution in [0, 0.1) is 0 Å². The summed E-state index contributed by atoms with van der Waals surface area (Å²) in [6.45, 7) is 2.18. The molecule has 0 radical (unpaired) electrons. The average molecular weight is 508 g/mol. The zero-order valence-corrected chi connectivity index (χ0v) is 21.7. The second-order valence-corrected chi connectivity index (χ2v) is 11.5. The third kappa shape index (κ3) is 4.14. The lowest BCUT2D eigenvalue weighted by atomic mass is 9.81. The number of benzene rings is 1. The first-order valence-electron chi connectivity index (χ1n) is 12.3. The Labute approximate surface area is 214 Å². The minimum absolute atomic E-state index is 0.593. The Morgan fingerprint density at radius 1 is 1.11 bits per heavy atom. The molecule has 0 unspecified atom stereocenters. The smallest absolute Gasteiger partial charge is 0.138 e. The van der Waals surface area contributed by atoms with Crippen LogP contribution in [0.2, 0.25) is 5.02 Å². The molecule has 1 aromatic carbocycles. The monoisotopic (exact) mass is 507 g/mol. The molecule has 1 aliphatic carbocycles. The molecule has 2 fully saturated rings. The van der Waals surface area contributed by atoms with Crippen molar-refractivity contribution in [3.8, 4) is 21.7 Å². The average Bonchev–Trinajstić information content (AvgIpc) is 3.51. The van der Waals surface area contributed by atoms with E-state index in [1.807, 2.05) is 6.20 Å². The van der Waals surface area contributed by atoms with Gasteiger partial charge in [0.25, 0.3) is 0 Å². The molecule has 0 bridgehead atoms. The van der Waals surface area contributed by atoms with Crippen LogP contribution in [0.15, 0.2) is 42.7 Å². The molecule has 0 spiro atoms. The number of hydrogen-bond donors (Lipinski definition) is 2. The summed E-state index contributed by atoms with van der Waals surface area (Å²) in [5, 5.41) is 13.1. The van der Waals surface area contributed by atoms with Gasteiger partial charge in [0.2, 0.25) is 0 Å². The van der Waals surface area contributed by atoms with Crippen LogP contribution in [0.3, 0.4) is 0 Å². The molecule has 3 aromatic heterocycles. The van der Waals surface area contributed by atoms with E-state index in [1.165, 1.54) is 29.9 Å². The molecule has 6 rings (SSSR count). The number of aromatic amines is 1. The Hall–Kier alpha value is -2.45. The SMILES string of the molecule is CN(C)C1CCN(c2ccc(-c3cc4c(-c5cnc(C6(O)CCC6)s5)c(Cl)cnc4[nH]3)cc2)CC1. The lowest BCUT2D eigenvalue weighted by Crippen LogP contribution is -2.41. The van der Waals surface area contributed by atoms with Crippen LogP contribution < -0.4 is 4.90 Å². The Kier molecular flexibility index (Phi) is 5.84. The first kappa shape index (κ1) is 23.0. The van der Waals surface area contributed by atoms with Crippen molar-refractivity contribution in [1.82, 2.24) is 19.9 Å². The van der Waals surface area contributed by atoms with Crippen LogP contribution in [-0.2, 0) is 5.60 Å². The van der Waals surface area contributed by atoms with Crippen molar-refractivity contribution in [1.29, 1.82) is 0 Å². The van der Waals surface area contributed by atoms with E-state index < -0.39 is 5.60 Å². The minimum Gasteiger partial charge on any atom is -0.383 e. The normalized spacial score (nSPS) is 18.4. The molecule has 1 saturated heterocycles. The molecule has 4 heterocycles. The fraction of sp³-hybridized carbons (Fsp3) is 0.407. The highest BCUT2D eigenvalue weighted by molar-refractivity contribution is 7.15. The number of fused-ring (bicyclic) bond motifs is 1. The van der Waals surface area contributed by atoms with Gasteiger partial charge in [0, 0.05) is 53.9 Å². The standard InChI is InChI=1S/C27H30ClN5OS/c1-32(2)18-8-12-33(13-9-18)19-6-4-17(5-7-19)22-14-20-24(21(28)15-29-25(20)31-22)23-16-30-26(35-23)27(34)10-3-11-27/h4-7,14-16,18,34H,3,8-13H2,1-2H3,(H,29,31). The van der Waals surface area contributed by atoms with Gasteiger partial charge in [0.15, 0.2) is 0 Å². The van der Waals surface area contributed by atoms with E-state index in [1.54, 1.807) is 6.20 Å². The maximum Gasteiger partial charge on any atom is 0.138 e. The fourth-order valence-electron chi connectivity index (χ4n) is 5.28. The quantitative estimate of drug-likeness (QED) is 0.351. The lowest BCUT2D eigenvalue weighted by molar-refractivity contribution is -0.0389. The molecular weight excluding hydrogens is 478 g/mol. The van der Waals surface area contributed by atoms with Crippen LogP contribution >= 0.6 is 22.9 Å². The molecule has 4 aromatic rings. The first-order chi connectivity index (χ1) is 16.9. The maximum absolute atomic E-state index is 10.7. The van der Waals surface area contributed by atoms with Crippen molar-refractivity contribution in [3.63, 3.8) is 0 Å². The van der Waals surface area contributed by atoms with E-state index in [-0.39, 0.29) is 0 Å². The van der Waals surface area contributed by atoms with Crippen LogP contribution in [0.25, 0.3) is 32.7 Å². The lowest BCUT2D eigenvalue weighted by Gasteiger charge is -2.36. The summed E-state index contributed by atoms with van der Waals surface area (Å²) in [6.07, 6.45) is 8.51. The molecule has 35 heavy (non-hydrogen) atoms. The summed E-state index contributed by atoms with van der Waals surface area (Å²) in [5.41, 5.74) is 4.35. The molecule has 2 aliphatic rings. The summed E-state index contributed by atoms with van der Waals surface area (Å²) < 4.78 is 0. The van der Waals surface area contributed by atoms with Gasteiger partial charge >= 0.3 is 0 Å². The third-order valence-electron chi connectivity index (χ3n) is 7.68. The number of aliphatic hydroxyl groups is 1. The number of rotatable bonds is 5. The highest BCUT2D eigenvalue weighted by Crippen LogP contribution is 2.46. The van der Waals surface area contributed by atoms with Crippen molar-refractivity contribution in [2.24, 2.45) is 0 Å². The Bertz CT molecular complexity index is 1350. The largest absolute Gasteiger partial charge is 0.383 e. The predicted octanol–water partition coefficient (Wildman–Crippen LogP) is 5.91. The Morgan fingerprint density at radius 3 is 2.51 bits per heavy atom. The van der Waals surface area contributed by atoms with Crippen LogP contribution in [0.1, 0.15) is 37.1 Å². The van der Waals surface area contributed by atoms with Crippen molar-refractivity contribution in [2.45, 2.75) is 43.7 Å². The zero-order valence-electron chi connectivity index (χ0n) is 20.1. The Balaban J connectivity index is 1.28. The molecule has 1 aliphatic heterocycles. The summed E-state index contributed by atoms with van der Waals surface area (Å²) in [7, 11) is 4.35. The van der Waals surface area contributed by atoms with Gasteiger partial charge in [0.05, 0.1) is 9.90 Å². The van der Waals surface area contributed by atoms with Crippen LogP contribution in [-0.4, -0.2) is 58.2 Å².